The molecule has 0 aromatic heterocycles. The highest BCUT2D eigenvalue weighted by Gasteiger charge is 2.19. The molecule has 0 radical (unpaired) electrons. The lowest BCUT2D eigenvalue weighted by molar-refractivity contribution is 0.0935. The summed E-state index contributed by atoms with van der Waals surface area (Å²) in [4.78, 5) is 12.3. The quantitative estimate of drug-likeness (QED) is 0.838. The highest BCUT2D eigenvalue weighted by atomic mass is 35.5. The van der Waals surface area contributed by atoms with Gasteiger partial charge in [-0.1, -0.05) is 11.6 Å². The maximum atomic E-state index is 13.8. The van der Waals surface area contributed by atoms with Crippen molar-refractivity contribution in [3.05, 3.63) is 52.3 Å². The van der Waals surface area contributed by atoms with Gasteiger partial charge in [0, 0.05) is 5.02 Å². The number of hydrogen-bond donors (Lipinski definition) is 1. The molecule has 0 fully saturated rings. The Bertz CT molecular complexity index is 757. The predicted octanol–water partition coefficient (Wildman–Crippen LogP) is 4.00. The Kier molecular flexibility index (Phi) is 6.09. The largest absolute Gasteiger partial charge is 0.493 e. The fourth-order valence-corrected chi connectivity index (χ4v) is 2.55. The minimum atomic E-state index is -0.640. The van der Waals surface area contributed by atoms with Gasteiger partial charge >= 0.3 is 0 Å². The molecule has 25 heavy (non-hydrogen) atoms. The van der Waals surface area contributed by atoms with Gasteiger partial charge in [-0.25, -0.2) is 4.39 Å². The van der Waals surface area contributed by atoms with Crippen LogP contribution in [0.5, 0.6) is 17.2 Å². The van der Waals surface area contributed by atoms with E-state index in [0.717, 1.165) is 6.07 Å². The van der Waals surface area contributed by atoms with Crippen molar-refractivity contribution in [2.24, 2.45) is 0 Å². The Morgan fingerprint density at radius 2 is 1.68 bits per heavy atom. The molecular formula is C18H19ClFNO4. The van der Waals surface area contributed by atoms with Crippen molar-refractivity contribution >= 4 is 17.5 Å². The summed E-state index contributed by atoms with van der Waals surface area (Å²) in [6.45, 7) is 1.76. The maximum absolute atomic E-state index is 13.8. The number of nitrogens with one attached hydrogen (secondary N) is 1. The van der Waals surface area contributed by atoms with Crippen LogP contribution in [0.2, 0.25) is 5.02 Å². The van der Waals surface area contributed by atoms with Gasteiger partial charge in [0.1, 0.15) is 5.82 Å². The standard InChI is InChI=1S/C18H19ClFNO4/c1-10(21-18(22)13-9-12(19)5-6-14(13)20)11-7-15(23-2)17(25-4)16(8-11)24-3/h5-10H,1-4H3,(H,21,22). The second-order valence-corrected chi connectivity index (χ2v) is 5.71. The number of methoxy groups -OCH3 is 3. The molecule has 0 saturated carbocycles. The number of benzene rings is 2. The lowest BCUT2D eigenvalue weighted by Crippen LogP contribution is -2.27. The monoisotopic (exact) mass is 367 g/mol. The van der Waals surface area contributed by atoms with Gasteiger partial charge in [-0.05, 0) is 42.8 Å². The Hall–Kier alpha value is -2.47. The molecule has 134 valence electrons. The number of carbonyl (C=O) groups excluding carboxylic acids is 1. The van der Waals surface area contributed by atoms with E-state index in [4.69, 9.17) is 25.8 Å². The summed E-state index contributed by atoms with van der Waals surface area (Å²) in [5.74, 6) is 0.173. The first-order chi connectivity index (χ1) is 11.9. The van der Waals surface area contributed by atoms with Crippen molar-refractivity contribution < 1.29 is 23.4 Å². The second-order valence-electron chi connectivity index (χ2n) is 5.28. The summed E-state index contributed by atoms with van der Waals surface area (Å²) >= 11 is 5.83. The molecule has 2 aromatic rings. The zero-order valence-electron chi connectivity index (χ0n) is 14.4. The minimum absolute atomic E-state index is 0.119. The topological polar surface area (TPSA) is 56.8 Å². The molecule has 1 amide bonds. The fourth-order valence-electron chi connectivity index (χ4n) is 2.38. The van der Waals surface area contributed by atoms with Crippen LogP contribution in [0.3, 0.4) is 0 Å². The van der Waals surface area contributed by atoms with E-state index < -0.39 is 17.8 Å². The predicted molar refractivity (Wildman–Crippen MR) is 93.4 cm³/mol. The summed E-state index contributed by atoms with van der Waals surface area (Å²) in [5, 5.41) is 3.02. The summed E-state index contributed by atoms with van der Waals surface area (Å²) in [6.07, 6.45) is 0. The van der Waals surface area contributed by atoms with Crippen LogP contribution < -0.4 is 19.5 Å². The number of rotatable bonds is 6. The normalized spacial score (nSPS) is 11.6. The van der Waals surface area contributed by atoms with Crippen LogP contribution in [0.15, 0.2) is 30.3 Å². The SMILES string of the molecule is COc1cc(C(C)NC(=O)c2cc(Cl)ccc2F)cc(OC)c1OC. The lowest BCUT2D eigenvalue weighted by Gasteiger charge is -2.19. The van der Waals surface area contributed by atoms with Gasteiger partial charge in [-0.3, -0.25) is 4.79 Å². The lowest BCUT2D eigenvalue weighted by atomic mass is 10.1. The van der Waals surface area contributed by atoms with Crippen molar-refractivity contribution in [1.29, 1.82) is 0 Å². The van der Waals surface area contributed by atoms with Crippen LogP contribution in [0.25, 0.3) is 0 Å². The molecule has 1 N–H and O–H groups in total. The number of carbonyl (C=O) groups is 1. The Morgan fingerprint density at radius 3 is 2.20 bits per heavy atom. The van der Waals surface area contributed by atoms with Crippen molar-refractivity contribution in [3.8, 4) is 17.2 Å². The first kappa shape index (κ1) is 18.9. The molecule has 0 spiro atoms. The molecular weight excluding hydrogens is 349 g/mol. The van der Waals surface area contributed by atoms with Crippen LogP contribution in [0, 0.1) is 5.82 Å². The fraction of sp³-hybridized carbons (Fsp3) is 0.278. The van der Waals surface area contributed by atoms with Crippen molar-refractivity contribution in [3.63, 3.8) is 0 Å². The van der Waals surface area contributed by atoms with Gasteiger partial charge in [0.15, 0.2) is 11.5 Å². The highest BCUT2D eigenvalue weighted by molar-refractivity contribution is 6.31. The van der Waals surface area contributed by atoms with Crippen LogP contribution in [-0.4, -0.2) is 27.2 Å². The number of halogens is 2. The summed E-state index contributed by atoms with van der Waals surface area (Å²) < 4.78 is 29.7. The van der Waals surface area contributed by atoms with E-state index >= 15 is 0 Å². The molecule has 0 saturated heterocycles. The molecule has 2 aromatic carbocycles. The van der Waals surface area contributed by atoms with Crippen LogP contribution in [-0.2, 0) is 0 Å². The first-order valence-electron chi connectivity index (χ1n) is 7.47. The maximum Gasteiger partial charge on any atom is 0.254 e. The molecule has 1 unspecified atom stereocenters. The van der Waals surface area contributed by atoms with E-state index in [1.165, 1.54) is 33.5 Å². The number of ether oxygens (including phenoxy) is 3. The molecule has 0 aliphatic carbocycles. The van der Waals surface area contributed by atoms with Gasteiger partial charge in [-0.15, -0.1) is 0 Å². The van der Waals surface area contributed by atoms with Crippen molar-refractivity contribution in [1.82, 2.24) is 5.32 Å². The average Bonchev–Trinajstić information content (AvgIpc) is 2.61. The van der Waals surface area contributed by atoms with Gasteiger partial charge in [0.25, 0.3) is 5.91 Å². The third kappa shape index (κ3) is 4.14. The molecule has 1 atom stereocenters. The third-order valence-corrected chi connectivity index (χ3v) is 3.94. The average molecular weight is 368 g/mol. The van der Waals surface area contributed by atoms with Gasteiger partial charge in [0.05, 0.1) is 32.9 Å². The van der Waals surface area contributed by atoms with E-state index in [1.54, 1.807) is 19.1 Å². The summed E-state index contributed by atoms with van der Waals surface area (Å²) in [6, 6.07) is 6.84. The molecule has 5 nitrogen and oxygen atoms in total. The van der Waals surface area contributed by atoms with E-state index in [2.05, 4.69) is 5.32 Å². The van der Waals surface area contributed by atoms with E-state index in [-0.39, 0.29) is 10.6 Å². The van der Waals surface area contributed by atoms with Crippen molar-refractivity contribution in [2.45, 2.75) is 13.0 Å². The third-order valence-electron chi connectivity index (χ3n) is 3.71. The zero-order valence-corrected chi connectivity index (χ0v) is 15.1. The molecule has 0 aliphatic heterocycles. The second kappa shape index (κ2) is 8.07. The van der Waals surface area contributed by atoms with Crippen LogP contribution in [0.4, 0.5) is 4.39 Å². The van der Waals surface area contributed by atoms with Crippen LogP contribution >= 0.6 is 11.6 Å². The number of amides is 1. The van der Waals surface area contributed by atoms with E-state index in [0.29, 0.717) is 22.8 Å². The van der Waals surface area contributed by atoms with Gasteiger partial charge < -0.3 is 19.5 Å². The highest BCUT2D eigenvalue weighted by Crippen LogP contribution is 2.39. The first-order valence-corrected chi connectivity index (χ1v) is 7.84. The molecule has 0 aliphatic rings. The number of hydrogen-bond acceptors (Lipinski definition) is 4. The Labute approximate surface area is 150 Å². The van der Waals surface area contributed by atoms with Gasteiger partial charge in [0.2, 0.25) is 5.75 Å². The van der Waals surface area contributed by atoms with Crippen LogP contribution in [0.1, 0.15) is 28.9 Å². The zero-order chi connectivity index (χ0) is 18.6. The molecule has 0 heterocycles. The Morgan fingerprint density at radius 1 is 1.08 bits per heavy atom. The van der Waals surface area contributed by atoms with Gasteiger partial charge in [-0.2, -0.15) is 0 Å². The molecule has 0 bridgehead atoms. The Balaban J connectivity index is 2.30. The summed E-state index contributed by atoms with van der Waals surface area (Å²) in [7, 11) is 4.52. The minimum Gasteiger partial charge on any atom is -0.493 e. The smallest absolute Gasteiger partial charge is 0.254 e. The summed E-state index contributed by atoms with van der Waals surface area (Å²) in [5.41, 5.74) is 0.595. The molecule has 2 rings (SSSR count). The molecule has 7 heteroatoms. The van der Waals surface area contributed by atoms with E-state index in [9.17, 15) is 9.18 Å². The van der Waals surface area contributed by atoms with E-state index in [1.807, 2.05) is 0 Å². The van der Waals surface area contributed by atoms with Crippen molar-refractivity contribution in [2.75, 3.05) is 21.3 Å².